The maximum Gasteiger partial charge on any atom is 0.223 e. The summed E-state index contributed by atoms with van der Waals surface area (Å²) in [5.41, 5.74) is 0. The minimum Gasteiger partial charge on any atom is -0.302 e. The number of rotatable bonds is 5. The zero-order valence-corrected chi connectivity index (χ0v) is 15.2. The summed E-state index contributed by atoms with van der Waals surface area (Å²) in [4.78, 5) is 27.1. The standard InChI is InChI=1S/C17H22FN5OS/c1-11-3-4-13(5-16-19-6-14(18)7-20-16)9-23(11)10-15-8-21-17(25-15)22-12(2)24/h6-8,11,13H,3-5,9-10H2,1-2H3,(H,21,22,24)/t11-,13-/m0/s1. The molecule has 1 N–H and O–H groups in total. The van der Waals surface area contributed by atoms with Crippen LogP contribution in [0.1, 0.15) is 37.4 Å². The number of aromatic nitrogens is 3. The summed E-state index contributed by atoms with van der Waals surface area (Å²) in [7, 11) is 0. The maximum atomic E-state index is 12.9. The molecular formula is C17H22FN5OS. The highest BCUT2D eigenvalue weighted by Crippen LogP contribution is 2.27. The third kappa shape index (κ3) is 5.02. The van der Waals surface area contributed by atoms with Crippen molar-refractivity contribution in [1.29, 1.82) is 0 Å². The highest BCUT2D eigenvalue weighted by molar-refractivity contribution is 7.15. The highest BCUT2D eigenvalue weighted by Gasteiger charge is 2.26. The lowest BCUT2D eigenvalue weighted by Crippen LogP contribution is -2.41. The Balaban J connectivity index is 1.59. The van der Waals surface area contributed by atoms with E-state index in [-0.39, 0.29) is 5.91 Å². The van der Waals surface area contributed by atoms with Crippen LogP contribution in [0.15, 0.2) is 18.6 Å². The van der Waals surface area contributed by atoms with Crippen LogP contribution in [0.25, 0.3) is 0 Å². The van der Waals surface area contributed by atoms with Gasteiger partial charge in [0.25, 0.3) is 0 Å². The van der Waals surface area contributed by atoms with Crippen LogP contribution in [0.4, 0.5) is 9.52 Å². The molecular weight excluding hydrogens is 341 g/mol. The van der Waals surface area contributed by atoms with Crippen molar-refractivity contribution in [2.24, 2.45) is 5.92 Å². The molecule has 1 aliphatic heterocycles. The molecule has 25 heavy (non-hydrogen) atoms. The van der Waals surface area contributed by atoms with Crippen molar-refractivity contribution in [2.45, 2.75) is 45.7 Å². The van der Waals surface area contributed by atoms with Gasteiger partial charge in [0, 0.05) is 43.5 Å². The molecule has 0 saturated carbocycles. The summed E-state index contributed by atoms with van der Waals surface area (Å²) in [5.74, 6) is 0.658. The van der Waals surface area contributed by atoms with E-state index in [1.807, 2.05) is 6.20 Å². The van der Waals surface area contributed by atoms with E-state index in [0.717, 1.165) is 37.2 Å². The van der Waals surface area contributed by atoms with Crippen molar-refractivity contribution in [2.75, 3.05) is 11.9 Å². The molecule has 1 fully saturated rings. The number of likely N-dealkylation sites (tertiary alicyclic amines) is 1. The Hall–Kier alpha value is -1.93. The predicted molar refractivity (Wildman–Crippen MR) is 94.7 cm³/mol. The molecule has 0 aliphatic carbocycles. The number of thiazole rings is 1. The Labute approximate surface area is 150 Å². The first-order valence-corrected chi connectivity index (χ1v) is 9.24. The highest BCUT2D eigenvalue weighted by atomic mass is 32.1. The van der Waals surface area contributed by atoms with Gasteiger partial charge in [-0.15, -0.1) is 11.3 Å². The van der Waals surface area contributed by atoms with Crippen molar-refractivity contribution in [3.63, 3.8) is 0 Å². The molecule has 0 radical (unpaired) electrons. The minimum atomic E-state index is -0.400. The molecule has 1 aliphatic rings. The van der Waals surface area contributed by atoms with Crippen molar-refractivity contribution in [3.8, 4) is 0 Å². The zero-order valence-electron chi connectivity index (χ0n) is 14.4. The van der Waals surface area contributed by atoms with Gasteiger partial charge in [-0.1, -0.05) is 0 Å². The van der Waals surface area contributed by atoms with Crippen LogP contribution in [0.3, 0.4) is 0 Å². The van der Waals surface area contributed by atoms with E-state index in [0.29, 0.717) is 22.9 Å². The van der Waals surface area contributed by atoms with Crippen LogP contribution < -0.4 is 5.32 Å². The smallest absolute Gasteiger partial charge is 0.223 e. The molecule has 1 saturated heterocycles. The lowest BCUT2D eigenvalue weighted by molar-refractivity contribution is -0.114. The molecule has 3 rings (SSSR count). The lowest BCUT2D eigenvalue weighted by Gasteiger charge is -2.37. The van der Waals surface area contributed by atoms with Crippen LogP contribution >= 0.6 is 11.3 Å². The molecule has 3 heterocycles. The number of halogens is 1. The fourth-order valence-electron chi connectivity index (χ4n) is 3.14. The molecule has 2 atom stereocenters. The quantitative estimate of drug-likeness (QED) is 0.884. The summed E-state index contributed by atoms with van der Waals surface area (Å²) < 4.78 is 12.9. The van der Waals surface area contributed by atoms with Gasteiger partial charge in [0.05, 0.1) is 12.4 Å². The zero-order chi connectivity index (χ0) is 17.8. The van der Waals surface area contributed by atoms with Gasteiger partial charge in [-0.3, -0.25) is 9.69 Å². The van der Waals surface area contributed by atoms with Crippen molar-refractivity contribution in [1.82, 2.24) is 19.9 Å². The lowest BCUT2D eigenvalue weighted by atomic mass is 9.90. The SMILES string of the molecule is CC(=O)Nc1ncc(CN2C[C@H](Cc3ncc(F)cn3)CC[C@@H]2C)s1. The molecule has 0 bridgehead atoms. The second-order valence-corrected chi connectivity index (χ2v) is 7.67. The Kier molecular flexibility index (Phi) is 5.70. The first-order valence-electron chi connectivity index (χ1n) is 8.42. The van der Waals surface area contributed by atoms with Gasteiger partial charge in [0.2, 0.25) is 5.91 Å². The summed E-state index contributed by atoms with van der Waals surface area (Å²) >= 11 is 1.51. The van der Waals surface area contributed by atoms with Crippen LogP contribution in [-0.4, -0.2) is 38.3 Å². The van der Waals surface area contributed by atoms with Crippen molar-refractivity contribution < 1.29 is 9.18 Å². The molecule has 0 spiro atoms. The maximum absolute atomic E-state index is 12.9. The van der Waals surface area contributed by atoms with Crippen LogP contribution in [0.2, 0.25) is 0 Å². The molecule has 8 heteroatoms. The van der Waals surface area contributed by atoms with E-state index in [1.54, 1.807) is 0 Å². The third-order valence-corrected chi connectivity index (χ3v) is 5.35. The van der Waals surface area contributed by atoms with Gasteiger partial charge < -0.3 is 5.32 Å². The van der Waals surface area contributed by atoms with Gasteiger partial charge in [-0.25, -0.2) is 19.3 Å². The van der Waals surface area contributed by atoms with Gasteiger partial charge in [-0.05, 0) is 25.7 Å². The van der Waals surface area contributed by atoms with E-state index >= 15 is 0 Å². The van der Waals surface area contributed by atoms with Crippen LogP contribution in [0, 0.1) is 11.7 Å². The average molecular weight is 363 g/mol. The number of hydrogen-bond acceptors (Lipinski definition) is 6. The number of hydrogen-bond donors (Lipinski definition) is 1. The second kappa shape index (κ2) is 7.97. The monoisotopic (exact) mass is 363 g/mol. The predicted octanol–water partition coefficient (Wildman–Crippen LogP) is 2.87. The van der Waals surface area contributed by atoms with Gasteiger partial charge in [0.1, 0.15) is 5.82 Å². The number of anilines is 1. The van der Waals surface area contributed by atoms with Crippen LogP contribution in [-0.2, 0) is 17.8 Å². The Bertz CT molecular complexity index is 720. The number of nitrogens with zero attached hydrogens (tertiary/aromatic N) is 4. The van der Waals surface area contributed by atoms with E-state index < -0.39 is 5.82 Å². The van der Waals surface area contributed by atoms with E-state index in [2.05, 4.69) is 32.1 Å². The first-order chi connectivity index (χ1) is 12.0. The molecule has 0 aromatic carbocycles. The largest absolute Gasteiger partial charge is 0.302 e. The fraction of sp³-hybridized carbons (Fsp3) is 0.529. The Morgan fingerprint density at radius 2 is 2.08 bits per heavy atom. The number of piperidine rings is 1. The van der Waals surface area contributed by atoms with Gasteiger partial charge in [0.15, 0.2) is 10.9 Å². The fourth-order valence-corrected chi connectivity index (χ4v) is 4.03. The summed E-state index contributed by atoms with van der Waals surface area (Å²) in [6.07, 6.45) is 7.29. The molecule has 6 nitrogen and oxygen atoms in total. The molecule has 2 aromatic heterocycles. The molecule has 0 unspecified atom stereocenters. The Morgan fingerprint density at radius 3 is 2.80 bits per heavy atom. The summed E-state index contributed by atoms with van der Waals surface area (Å²) in [6, 6.07) is 0.497. The number of amides is 1. The van der Waals surface area contributed by atoms with E-state index in [1.165, 1.54) is 30.7 Å². The van der Waals surface area contributed by atoms with Crippen LogP contribution in [0.5, 0.6) is 0 Å². The molecule has 134 valence electrons. The Morgan fingerprint density at radius 1 is 1.32 bits per heavy atom. The van der Waals surface area contributed by atoms with E-state index in [4.69, 9.17) is 0 Å². The summed E-state index contributed by atoms with van der Waals surface area (Å²) in [6.45, 7) is 5.49. The van der Waals surface area contributed by atoms with Crippen molar-refractivity contribution in [3.05, 3.63) is 35.1 Å². The topological polar surface area (TPSA) is 71.0 Å². The average Bonchev–Trinajstić information content (AvgIpc) is 2.99. The number of carbonyl (C=O) groups excluding carboxylic acids is 1. The van der Waals surface area contributed by atoms with Gasteiger partial charge in [-0.2, -0.15) is 0 Å². The minimum absolute atomic E-state index is 0.105. The second-order valence-electron chi connectivity index (χ2n) is 6.56. The number of carbonyl (C=O) groups is 1. The third-order valence-electron chi connectivity index (χ3n) is 4.45. The van der Waals surface area contributed by atoms with E-state index in [9.17, 15) is 9.18 Å². The molecule has 1 amide bonds. The molecule has 2 aromatic rings. The number of nitrogens with one attached hydrogen (secondary N) is 1. The first kappa shape index (κ1) is 17.9. The van der Waals surface area contributed by atoms with Gasteiger partial charge >= 0.3 is 0 Å². The summed E-state index contributed by atoms with van der Waals surface area (Å²) in [5, 5.41) is 3.36. The van der Waals surface area contributed by atoms with Crippen molar-refractivity contribution >= 4 is 22.4 Å². The normalized spacial score (nSPS) is 21.2.